The molecule has 0 bridgehead atoms. The quantitative estimate of drug-likeness (QED) is 0.879. The molecule has 0 aliphatic rings. The van der Waals surface area contributed by atoms with Crippen molar-refractivity contribution in [3.05, 3.63) is 69.1 Å². The normalized spacial score (nSPS) is 12.0. The number of rotatable bonds is 5. The highest BCUT2D eigenvalue weighted by molar-refractivity contribution is 6.31. The Balaban J connectivity index is 2.26. The molecule has 0 aliphatic carbocycles. The topological polar surface area (TPSA) is 77.1 Å². The first-order valence-electron chi connectivity index (χ1n) is 6.96. The van der Waals surface area contributed by atoms with E-state index in [1.165, 1.54) is 22.9 Å². The van der Waals surface area contributed by atoms with Gasteiger partial charge in [-0.2, -0.15) is 0 Å². The summed E-state index contributed by atoms with van der Waals surface area (Å²) in [5.41, 5.74) is 6.52. The average Bonchev–Trinajstić information content (AvgIpc) is 2.51. The van der Waals surface area contributed by atoms with Crippen LogP contribution in [0.3, 0.4) is 0 Å². The van der Waals surface area contributed by atoms with Gasteiger partial charge in [0.2, 0.25) is 0 Å². The molecule has 0 saturated carbocycles. The van der Waals surface area contributed by atoms with Crippen molar-refractivity contribution in [3.63, 3.8) is 0 Å². The SMILES string of the molecule is C[C@@H](CN)NC(=O)c1ccc(=O)n(Cc2ccccc2Cl)c1. The zero-order valence-corrected chi connectivity index (χ0v) is 13.0. The van der Waals surface area contributed by atoms with Crippen molar-refractivity contribution in [3.8, 4) is 0 Å². The summed E-state index contributed by atoms with van der Waals surface area (Å²) in [5.74, 6) is -0.258. The Labute approximate surface area is 133 Å². The van der Waals surface area contributed by atoms with Crippen LogP contribution in [0.4, 0.5) is 0 Å². The van der Waals surface area contributed by atoms with E-state index in [2.05, 4.69) is 5.32 Å². The van der Waals surface area contributed by atoms with E-state index in [9.17, 15) is 9.59 Å². The lowest BCUT2D eigenvalue weighted by Gasteiger charge is -2.13. The van der Waals surface area contributed by atoms with Gasteiger partial charge in [-0.25, -0.2) is 0 Å². The number of nitrogens with one attached hydrogen (secondary N) is 1. The standard InChI is InChI=1S/C16H18ClN3O2/c1-11(8-18)19-16(22)13-6-7-15(21)20(10-13)9-12-4-2-3-5-14(12)17/h2-7,10-11H,8-9,18H2,1H3,(H,19,22)/t11-/m0/s1. The number of halogens is 1. The molecule has 0 unspecified atom stereocenters. The highest BCUT2D eigenvalue weighted by atomic mass is 35.5. The van der Waals surface area contributed by atoms with Crippen molar-refractivity contribution in [2.45, 2.75) is 19.5 Å². The number of pyridine rings is 1. The second-order valence-corrected chi connectivity index (χ2v) is 5.49. The summed E-state index contributed by atoms with van der Waals surface area (Å²) >= 11 is 6.11. The second-order valence-electron chi connectivity index (χ2n) is 5.09. The Morgan fingerprint density at radius 3 is 2.73 bits per heavy atom. The summed E-state index contributed by atoms with van der Waals surface area (Å²) in [6.45, 7) is 2.48. The number of amides is 1. The molecule has 6 heteroatoms. The number of aromatic nitrogens is 1. The first kappa shape index (κ1) is 16.3. The third-order valence-electron chi connectivity index (χ3n) is 3.28. The van der Waals surface area contributed by atoms with Crippen LogP contribution >= 0.6 is 11.6 Å². The number of carbonyl (C=O) groups is 1. The highest BCUT2D eigenvalue weighted by Gasteiger charge is 2.11. The molecule has 0 saturated heterocycles. The maximum Gasteiger partial charge on any atom is 0.253 e. The van der Waals surface area contributed by atoms with Crippen LogP contribution in [0.15, 0.2) is 47.4 Å². The van der Waals surface area contributed by atoms with E-state index >= 15 is 0 Å². The van der Waals surface area contributed by atoms with Crippen LogP contribution in [-0.2, 0) is 6.54 Å². The van der Waals surface area contributed by atoms with Crippen LogP contribution in [0.5, 0.6) is 0 Å². The van der Waals surface area contributed by atoms with E-state index < -0.39 is 0 Å². The summed E-state index contributed by atoms with van der Waals surface area (Å²) in [7, 11) is 0. The number of hydrogen-bond acceptors (Lipinski definition) is 3. The van der Waals surface area contributed by atoms with Gasteiger partial charge in [0.25, 0.3) is 11.5 Å². The van der Waals surface area contributed by atoms with Gasteiger partial charge < -0.3 is 15.6 Å². The van der Waals surface area contributed by atoms with Crippen molar-refractivity contribution in [1.82, 2.24) is 9.88 Å². The molecule has 0 spiro atoms. The first-order chi connectivity index (χ1) is 10.5. The number of carbonyl (C=O) groups excluding carboxylic acids is 1. The van der Waals surface area contributed by atoms with E-state index in [0.29, 0.717) is 23.7 Å². The molecule has 2 aromatic rings. The van der Waals surface area contributed by atoms with Gasteiger partial charge in [-0.05, 0) is 24.6 Å². The van der Waals surface area contributed by atoms with E-state index in [1.54, 1.807) is 6.07 Å². The van der Waals surface area contributed by atoms with Gasteiger partial charge in [0.15, 0.2) is 0 Å². The summed E-state index contributed by atoms with van der Waals surface area (Å²) in [6, 6.07) is 10.0. The number of nitrogens with two attached hydrogens (primary N) is 1. The van der Waals surface area contributed by atoms with Gasteiger partial charge in [-0.15, -0.1) is 0 Å². The van der Waals surface area contributed by atoms with Gasteiger partial charge in [0, 0.05) is 29.9 Å². The molecule has 22 heavy (non-hydrogen) atoms. The monoisotopic (exact) mass is 319 g/mol. The van der Waals surface area contributed by atoms with Gasteiger partial charge in [0.05, 0.1) is 12.1 Å². The summed E-state index contributed by atoms with van der Waals surface area (Å²) < 4.78 is 1.46. The van der Waals surface area contributed by atoms with Crippen molar-refractivity contribution in [2.75, 3.05) is 6.54 Å². The van der Waals surface area contributed by atoms with E-state index in [-0.39, 0.29) is 17.5 Å². The van der Waals surface area contributed by atoms with Crippen molar-refractivity contribution >= 4 is 17.5 Å². The maximum atomic E-state index is 12.1. The van der Waals surface area contributed by atoms with Crippen molar-refractivity contribution in [2.24, 2.45) is 5.73 Å². The lowest BCUT2D eigenvalue weighted by atomic mass is 10.2. The van der Waals surface area contributed by atoms with Crippen LogP contribution in [0, 0.1) is 0 Å². The largest absolute Gasteiger partial charge is 0.348 e. The fourth-order valence-corrected chi connectivity index (χ4v) is 2.16. The Bertz CT molecular complexity index is 727. The molecule has 1 atom stereocenters. The van der Waals surface area contributed by atoms with Gasteiger partial charge in [0.1, 0.15) is 0 Å². The van der Waals surface area contributed by atoms with Crippen LogP contribution in [-0.4, -0.2) is 23.1 Å². The fraction of sp³-hybridized carbons (Fsp3) is 0.250. The highest BCUT2D eigenvalue weighted by Crippen LogP contribution is 2.15. The number of benzene rings is 1. The predicted molar refractivity (Wildman–Crippen MR) is 87.2 cm³/mol. The van der Waals surface area contributed by atoms with Crippen LogP contribution < -0.4 is 16.6 Å². The van der Waals surface area contributed by atoms with Crippen LogP contribution in [0.2, 0.25) is 5.02 Å². The number of hydrogen-bond donors (Lipinski definition) is 2. The Kier molecular flexibility index (Phi) is 5.35. The van der Waals surface area contributed by atoms with E-state index in [1.807, 2.05) is 25.1 Å². The van der Waals surface area contributed by atoms with Gasteiger partial charge in [-0.3, -0.25) is 9.59 Å². The van der Waals surface area contributed by atoms with Crippen LogP contribution in [0.1, 0.15) is 22.8 Å². The summed E-state index contributed by atoms with van der Waals surface area (Å²) in [5, 5.41) is 3.35. The third-order valence-corrected chi connectivity index (χ3v) is 3.64. The lowest BCUT2D eigenvalue weighted by molar-refractivity contribution is 0.0940. The molecule has 1 aromatic heterocycles. The molecule has 0 fully saturated rings. The first-order valence-corrected chi connectivity index (χ1v) is 7.34. The summed E-state index contributed by atoms with van der Waals surface area (Å²) in [4.78, 5) is 24.0. The number of nitrogens with zero attached hydrogens (tertiary/aromatic N) is 1. The maximum absolute atomic E-state index is 12.1. The Morgan fingerprint density at radius 1 is 1.32 bits per heavy atom. The zero-order chi connectivity index (χ0) is 16.1. The smallest absolute Gasteiger partial charge is 0.253 e. The lowest BCUT2D eigenvalue weighted by Crippen LogP contribution is -2.38. The van der Waals surface area contributed by atoms with Crippen molar-refractivity contribution in [1.29, 1.82) is 0 Å². The predicted octanol–water partition coefficient (Wildman–Crippen LogP) is 1.63. The molecule has 116 valence electrons. The molecule has 1 amide bonds. The zero-order valence-electron chi connectivity index (χ0n) is 12.3. The molecule has 3 N–H and O–H groups in total. The Morgan fingerprint density at radius 2 is 2.05 bits per heavy atom. The molecule has 0 radical (unpaired) electrons. The van der Waals surface area contributed by atoms with E-state index in [4.69, 9.17) is 17.3 Å². The third kappa shape index (κ3) is 3.96. The molecule has 2 rings (SSSR count). The molecule has 1 aromatic carbocycles. The molecule has 0 aliphatic heterocycles. The fourth-order valence-electron chi connectivity index (χ4n) is 1.97. The average molecular weight is 320 g/mol. The second kappa shape index (κ2) is 7.24. The minimum atomic E-state index is -0.258. The summed E-state index contributed by atoms with van der Waals surface area (Å²) in [6.07, 6.45) is 1.53. The van der Waals surface area contributed by atoms with Crippen LogP contribution in [0.25, 0.3) is 0 Å². The van der Waals surface area contributed by atoms with Crippen molar-refractivity contribution < 1.29 is 4.79 Å². The minimum Gasteiger partial charge on any atom is -0.348 e. The molecule has 1 heterocycles. The molecule has 5 nitrogen and oxygen atoms in total. The molecular formula is C16H18ClN3O2. The van der Waals surface area contributed by atoms with E-state index in [0.717, 1.165) is 5.56 Å². The van der Waals surface area contributed by atoms with Gasteiger partial charge in [-0.1, -0.05) is 29.8 Å². The van der Waals surface area contributed by atoms with Gasteiger partial charge >= 0.3 is 0 Å². The molecular weight excluding hydrogens is 302 g/mol. The Hall–Kier alpha value is -2.11. The minimum absolute atomic E-state index is 0.128.